The van der Waals surface area contributed by atoms with Crippen LogP contribution in [0.3, 0.4) is 0 Å². The zero-order chi connectivity index (χ0) is 11.8. The molecule has 2 unspecified atom stereocenters. The second-order valence-electron chi connectivity index (χ2n) is 4.59. The Labute approximate surface area is 94.7 Å². The molecule has 86 valence electrons. The highest BCUT2D eigenvalue weighted by atomic mass is 16.4. The van der Waals surface area contributed by atoms with Crippen molar-refractivity contribution in [1.29, 1.82) is 0 Å². The van der Waals surface area contributed by atoms with Crippen LogP contribution in [-0.4, -0.2) is 16.2 Å². The molecule has 2 rings (SSSR count). The van der Waals surface area contributed by atoms with Crippen LogP contribution in [0.25, 0.3) is 0 Å². The first-order valence-electron chi connectivity index (χ1n) is 5.56. The maximum Gasteiger partial charge on any atom is 0.306 e. The SMILES string of the molecule is CC1CCc2ccccc2C1(O)CC(=O)O. The Hall–Kier alpha value is -1.35. The maximum absolute atomic E-state index is 10.9. The molecule has 2 N–H and O–H groups in total. The molecule has 1 aromatic carbocycles. The van der Waals surface area contributed by atoms with Gasteiger partial charge in [0.15, 0.2) is 0 Å². The van der Waals surface area contributed by atoms with E-state index in [0.29, 0.717) is 0 Å². The Balaban J connectivity index is 2.47. The Morgan fingerprint density at radius 1 is 1.50 bits per heavy atom. The summed E-state index contributed by atoms with van der Waals surface area (Å²) in [5.74, 6) is -0.968. The number of fused-ring (bicyclic) bond motifs is 1. The molecule has 16 heavy (non-hydrogen) atoms. The predicted octanol–water partition coefficient (Wildman–Crippen LogP) is 1.93. The van der Waals surface area contributed by atoms with Gasteiger partial charge in [0.2, 0.25) is 0 Å². The minimum absolute atomic E-state index is 0.0153. The van der Waals surface area contributed by atoms with E-state index in [-0.39, 0.29) is 12.3 Å². The lowest BCUT2D eigenvalue weighted by atomic mass is 9.71. The third kappa shape index (κ3) is 1.71. The second-order valence-corrected chi connectivity index (χ2v) is 4.59. The van der Waals surface area contributed by atoms with E-state index in [1.807, 2.05) is 31.2 Å². The van der Waals surface area contributed by atoms with Crippen LogP contribution in [0.1, 0.15) is 30.9 Å². The molecular formula is C13H16O3. The van der Waals surface area contributed by atoms with Crippen molar-refractivity contribution in [2.24, 2.45) is 5.92 Å². The van der Waals surface area contributed by atoms with Gasteiger partial charge in [-0.3, -0.25) is 4.79 Å². The molecule has 3 heteroatoms. The van der Waals surface area contributed by atoms with Gasteiger partial charge in [0.25, 0.3) is 0 Å². The quantitative estimate of drug-likeness (QED) is 0.800. The molecule has 0 saturated heterocycles. The number of carboxylic acid groups (broad SMARTS) is 1. The summed E-state index contributed by atoms with van der Waals surface area (Å²) in [6, 6.07) is 7.58. The summed E-state index contributed by atoms with van der Waals surface area (Å²) in [6.07, 6.45) is 1.53. The number of hydrogen-bond acceptors (Lipinski definition) is 2. The van der Waals surface area contributed by atoms with E-state index in [1.165, 1.54) is 0 Å². The Bertz CT molecular complexity index is 413. The van der Waals surface area contributed by atoms with Crippen LogP contribution in [0.15, 0.2) is 24.3 Å². The van der Waals surface area contributed by atoms with E-state index in [1.54, 1.807) is 0 Å². The van der Waals surface area contributed by atoms with E-state index in [2.05, 4.69) is 0 Å². The second kappa shape index (κ2) is 3.91. The molecular weight excluding hydrogens is 204 g/mol. The lowest BCUT2D eigenvalue weighted by Crippen LogP contribution is -2.40. The van der Waals surface area contributed by atoms with Crippen molar-refractivity contribution in [3.63, 3.8) is 0 Å². The number of benzene rings is 1. The highest BCUT2D eigenvalue weighted by Crippen LogP contribution is 2.41. The smallest absolute Gasteiger partial charge is 0.306 e. The van der Waals surface area contributed by atoms with E-state index in [4.69, 9.17) is 5.11 Å². The zero-order valence-corrected chi connectivity index (χ0v) is 9.31. The molecule has 0 spiro atoms. The summed E-state index contributed by atoms with van der Waals surface area (Å²) in [6.45, 7) is 1.92. The number of carbonyl (C=O) groups is 1. The van der Waals surface area contributed by atoms with Gasteiger partial charge in [-0.05, 0) is 29.9 Å². The van der Waals surface area contributed by atoms with Gasteiger partial charge < -0.3 is 10.2 Å². The van der Waals surface area contributed by atoms with Crippen LogP contribution in [0.4, 0.5) is 0 Å². The van der Waals surface area contributed by atoms with Crippen LogP contribution in [0, 0.1) is 5.92 Å². The van der Waals surface area contributed by atoms with Gasteiger partial charge in [0.1, 0.15) is 5.60 Å². The van der Waals surface area contributed by atoms with Crippen LogP contribution in [-0.2, 0) is 16.8 Å². The Morgan fingerprint density at radius 3 is 2.88 bits per heavy atom. The van der Waals surface area contributed by atoms with Gasteiger partial charge in [-0.1, -0.05) is 31.2 Å². The largest absolute Gasteiger partial charge is 0.481 e. The van der Waals surface area contributed by atoms with Gasteiger partial charge in [-0.15, -0.1) is 0 Å². The average Bonchev–Trinajstić information content (AvgIpc) is 2.23. The third-order valence-electron chi connectivity index (χ3n) is 3.57. The first kappa shape index (κ1) is 11.1. The average molecular weight is 220 g/mol. The van der Waals surface area contributed by atoms with Crippen molar-refractivity contribution in [1.82, 2.24) is 0 Å². The summed E-state index contributed by atoms with van der Waals surface area (Å²) in [5, 5.41) is 19.5. The van der Waals surface area contributed by atoms with Crippen molar-refractivity contribution in [2.45, 2.75) is 31.8 Å². The van der Waals surface area contributed by atoms with E-state index >= 15 is 0 Å². The van der Waals surface area contributed by atoms with Crippen molar-refractivity contribution in [2.75, 3.05) is 0 Å². The van der Waals surface area contributed by atoms with Crippen molar-refractivity contribution < 1.29 is 15.0 Å². The van der Waals surface area contributed by atoms with Crippen LogP contribution in [0.2, 0.25) is 0 Å². The van der Waals surface area contributed by atoms with Gasteiger partial charge in [0, 0.05) is 0 Å². The van der Waals surface area contributed by atoms with Crippen molar-refractivity contribution >= 4 is 5.97 Å². The van der Waals surface area contributed by atoms with Gasteiger partial charge in [-0.2, -0.15) is 0 Å². The topological polar surface area (TPSA) is 57.5 Å². The van der Waals surface area contributed by atoms with Crippen LogP contribution >= 0.6 is 0 Å². The lowest BCUT2D eigenvalue weighted by Gasteiger charge is -2.39. The lowest BCUT2D eigenvalue weighted by molar-refractivity contribution is -0.146. The molecule has 2 atom stereocenters. The molecule has 0 aromatic heterocycles. The summed E-state index contributed by atoms with van der Waals surface area (Å²) >= 11 is 0. The number of aliphatic hydroxyl groups is 1. The summed E-state index contributed by atoms with van der Waals surface area (Å²) in [7, 11) is 0. The van der Waals surface area contributed by atoms with E-state index in [0.717, 1.165) is 24.0 Å². The Morgan fingerprint density at radius 2 is 2.19 bits per heavy atom. The normalized spacial score (nSPS) is 28.5. The standard InChI is InChI=1S/C13H16O3/c1-9-6-7-10-4-2-3-5-11(10)13(9,16)8-12(14)15/h2-5,9,16H,6-8H2,1H3,(H,14,15). The third-order valence-corrected chi connectivity index (χ3v) is 3.57. The summed E-state index contributed by atoms with van der Waals surface area (Å²) < 4.78 is 0. The first-order chi connectivity index (χ1) is 7.54. The number of aliphatic carboxylic acids is 1. The fourth-order valence-electron chi connectivity index (χ4n) is 2.54. The number of carboxylic acids is 1. The minimum atomic E-state index is -1.21. The minimum Gasteiger partial charge on any atom is -0.481 e. The fraction of sp³-hybridized carbons (Fsp3) is 0.462. The first-order valence-corrected chi connectivity index (χ1v) is 5.56. The molecule has 0 saturated carbocycles. The molecule has 0 heterocycles. The number of hydrogen-bond donors (Lipinski definition) is 2. The summed E-state index contributed by atoms with van der Waals surface area (Å²) in [5.41, 5.74) is 0.654. The molecule has 0 aliphatic heterocycles. The van der Waals surface area contributed by atoms with Crippen LogP contribution in [0.5, 0.6) is 0 Å². The molecule has 0 amide bonds. The highest BCUT2D eigenvalue weighted by Gasteiger charge is 2.41. The summed E-state index contributed by atoms with van der Waals surface area (Å²) in [4.78, 5) is 10.9. The molecule has 1 aliphatic rings. The van der Waals surface area contributed by atoms with E-state index in [9.17, 15) is 9.90 Å². The Kier molecular flexibility index (Phi) is 2.72. The van der Waals surface area contributed by atoms with E-state index < -0.39 is 11.6 Å². The predicted molar refractivity (Wildman–Crippen MR) is 60.1 cm³/mol. The van der Waals surface area contributed by atoms with Crippen LogP contribution < -0.4 is 0 Å². The molecule has 0 bridgehead atoms. The fourth-order valence-corrected chi connectivity index (χ4v) is 2.54. The maximum atomic E-state index is 10.9. The zero-order valence-electron chi connectivity index (χ0n) is 9.31. The number of aryl methyl sites for hydroxylation is 1. The van der Waals surface area contributed by atoms with Gasteiger partial charge in [0.05, 0.1) is 6.42 Å². The van der Waals surface area contributed by atoms with Gasteiger partial charge >= 0.3 is 5.97 Å². The van der Waals surface area contributed by atoms with Crippen molar-refractivity contribution in [3.05, 3.63) is 35.4 Å². The molecule has 0 fully saturated rings. The molecule has 3 nitrogen and oxygen atoms in total. The molecule has 1 aliphatic carbocycles. The molecule has 1 aromatic rings. The highest BCUT2D eigenvalue weighted by molar-refractivity contribution is 5.69. The van der Waals surface area contributed by atoms with Gasteiger partial charge in [-0.25, -0.2) is 0 Å². The number of rotatable bonds is 2. The monoisotopic (exact) mass is 220 g/mol. The molecule has 0 radical (unpaired) electrons. The van der Waals surface area contributed by atoms with Crippen molar-refractivity contribution in [3.8, 4) is 0 Å².